The van der Waals surface area contributed by atoms with Gasteiger partial charge in [-0.25, -0.2) is 0 Å². The summed E-state index contributed by atoms with van der Waals surface area (Å²) >= 11 is 0. The maximum Gasteiger partial charge on any atom is 0.269 e. The first-order chi connectivity index (χ1) is 7.74. The van der Waals surface area contributed by atoms with Crippen molar-refractivity contribution in [3.05, 3.63) is 39.9 Å². The highest BCUT2D eigenvalue weighted by molar-refractivity contribution is 5.32. The second kappa shape index (κ2) is 6.95. The number of nitrogens with zero attached hydrogens (tertiary/aromatic N) is 1. The summed E-state index contributed by atoms with van der Waals surface area (Å²) in [7, 11) is 0. The van der Waals surface area contributed by atoms with Crippen LogP contribution in [0.15, 0.2) is 24.3 Å². The molecule has 4 nitrogen and oxygen atoms in total. The summed E-state index contributed by atoms with van der Waals surface area (Å²) < 4.78 is 0. The van der Waals surface area contributed by atoms with Gasteiger partial charge >= 0.3 is 0 Å². The molecule has 1 rings (SSSR count). The van der Waals surface area contributed by atoms with Gasteiger partial charge in [-0.2, -0.15) is 0 Å². The van der Waals surface area contributed by atoms with Crippen molar-refractivity contribution in [1.82, 2.24) is 0 Å². The highest BCUT2D eigenvalue weighted by Crippen LogP contribution is 2.14. The Morgan fingerprint density at radius 1 is 1.06 bits per heavy atom. The van der Waals surface area contributed by atoms with E-state index in [1.165, 1.54) is 18.4 Å². The molecule has 0 fully saturated rings. The first kappa shape index (κ1) is 12.6. The summed E-state index contributed by atoms with van der Waals surface area (Å²) in [5.74, 6) is 0. The van der Waals surface area contributed by atoms with Crippen LogP contribution < -0.4 is 5.73 Å². The first-order valence-corrected chi connectivity index (χ1v) is 5.67. The van der Waals surface area contributed by atoms with Crippen LogP contribution in [0.25, 0.3) is 0 Å². The minimum Gasteiger partial charge on any atom is -0.330 e. The van der Waals surface area contributed by atoms with E-state index in [9.17, 15) is 10.1 Å². The van der Waals surface area contributed by atoms with E-state index in [1.807, 2.05) is 12.1 Å². The maximum atomic E-state index is 10.4. The van der Waals surface area contributed by atoms with Gasteiger partial charge < -0.3 is 5.73 Å². The van der Waals surface area contributed by atoms with Crippen LogP contribution in [-0.4, -0.2) is 11.5 Å². The summed E-state index contributed by atoms with van der Waals surface area (Å²) in [6.07, 6.45) is 5.54. The van der Waals surface area contributed by atoms with Crippen molar-refractivity contribution < 1.29 is 4.92 Å². The topological polar surface area (TPSA) is 69.2 Å². The lowest BCUT2D eigenvalue weighted by Crippen LogP contribution is -1.97. The molecule has 0 atom stereocenters. The van der Waals surface area contributed by atoms with Crippen molar-refractivity contribution in [2.45, 2.75) is 32.1 Å². The van der Waals surface area contributed by atoms with Crippen molar-refractivity contribution in [2.75, 3.05) is 6.54 Å². The van der Waals surface area contributed by atoms with E-state index in [0.29, 0.717) is 0 Å². The SMILES string of the molecule is NCCCCCCc1ccc([N+](=O)[O-])cc1. The van der Waals surface area contributed by atoms with Crippen LogP contribution in [0.1, 0.15) is 31.2 Å². The normalized spacial score (nSPS) is 10.3. The lowest BCUT2D eigenvalue weighted by atomic mass is 10.1. The van der Waals surface area contributed by atoms with E-state index < -0.39 is 0 Å². The molecule has 0 saturated carbocycles. The van der Waals surface area contributed by atoms with Gasteiger partial charge in [0.05, 0.1) is 4.92 Å². The molecule has 0 aromatic heterocycles. The number of nitro groups is 1. The minimum absolute atomic E-state index is 0.159. The Labute approximate surface area is 95.6 Å². The van der Waals surface area contributed by atoms with Crippen LogP contribution in [-0.2, 0) is 6.42 Å². The van der Waals surface area contributed by atoms with Gasteiger partial charge in [0, 0.05) is 12.1 Å². The van der Waals surface area contributed by atoms with E-state index in [0.717, 1.165) is 25.8 Å². The molecule has 1 aromatic carbocycles. The lowest BCUT2D eigenvalue weighted by molar-refractivity contribution is -0.384. The van der Waals surface area contributed by atoms with Crippen molar-refractivity contribution >= 4 is 5.69 Å². The van der Waals surface area contributed by atoms with Crippen molar-refractivity contribution in [1.29, 1.82) is 0 Å². The Kier molecular flexibility index (Phi) is 5.50. The quantitative estimate of drug-likeness (QED) is 0.438. The second-order valence-corrected chi connectivity index (χ2v) is 3.88. The summed E-state index contributed by atoms with van der Waals surface area (Å²) in [6.45, 7) is 0.761. The van der Waals surface area contributed by atoms with Crippen LogP contribution in [0.3, 0.4) is 0 Å². The molecule has 0 aliphatic heterocycles. The number of nitro benzene ring substituents is 1. The molecule has 0 unspecified atom stereocenters. The van der Waals surface area contributed by atoms with Gasteiger partial charge in [-0.1, -0.05) is 25.0 Å². The smallest absolute Gasteiger partial charge is 0.269 e. The fraction of sp³-hybridized carbons (Fsp3) is 0.500. The van der Waals surface area contributed by atoms with Crippen LogP contribution in [0.4, 0.5) is 5.69 Å². The number of aryl methyl sites for hydroxylation is 1. The zero-order valence-electron chi connectivity index (χ0n) is 9.39. The van der Waals surface area contributed by atoms with Crippen molar-refractivity contribution in [3.63, 3.8) is 0 Å². The minimum atomic E-state index is -0.370. The Balaban J connectivity index is 2.29. The molecule has 0 aliphatic carbocycles. The van der Waals surface area contributed by atoms with Crippen LogP contribution in [0, 0.1) is 10.1 Å². The summed E-state index contributed by atoms with van der Waals surface area (Å²) in [5, 5.41) is 10.4. The fourth-order valence-corrected chi connectivity index (χ4v) is 1.61. The molecule has 0 spiro atoms. The van der Waals surface area contributed by atoms with Crippen molar-refractivity contribution in [2.24, 2.45) is 5.73 Å². The molecule has 2 N–H and O–H groups in total. The van der Waals surface area contributed by atoms with E-state index >= 15 is 0 Å². The van der Waals surface area contributed by atoms with Gasteiger partial charge in [0.1, 0.15) is 0 Å². The zero-order valence-corrected chi connectivity index (χ0v) is 9.39. The predicted molar refractivity (Wildman–Crippen MR) is 64.3 cm³/mol. The molecule has 0 saturated heterocycles. The van der Waals surface area contributed by atoms with Gasteiger partial charge in [-0.3, -0.25) is 10.1 Å². The van der Waals surface area contributed by atoms with Crippen LogP contribution in [0.2, 0.25) is 0 Å². The first-order valence-electron chi connectivity index (χ1n) is 5.67. The molecule has 0 heterocycles. The number of hydrogen-bond acceptors (Lipinski definition) is 3. The molecular weight excluding hydrogens is 204 g/mol. The van der Waals surface area contributed by atoms with E-state index in [-0.39, 0.29) is 10.6 Å². The Hall–Kier alpha value is -1.42. The van der Waals surface area contributed by atoms with E-state index in [4.69, 9.17) is 5.73 Å². The van der Waals surface area contributed by atoms with E-state index in [2.05, 4.69) is 0 Å². The summed E-state index contributed by atoms with van der Waals surface area (Å²) in [6, 6.07) is 6.80. The zero-order chi connectivity index (χ0) is 11.8. The molecule has 0 bridgehead atoms. The highest BCUT2D eigenvalue weighted by atomic mass is 16.6. The Morgan fingerprint density at radius 3 is 2.25 bits per heavy atom. The second-order valence-electron chi connectivity index (χ2n) is 3.88. The average Bonchev–Trinajstić information content (AvgIpc) is 2.29. The molecule has 16 heavy (non-hydrogen) atoms. The third-order valence-electron chi connectivity index (χ3n) is 2.57. The molecule has 1 aromatic rings. The standard InChI is InChI=1S/C12H18N2O2/c13-10-4-2-1-3-5-11-6-8-12(9-7-11)14(15)16/h6-9H,1-5,10,13H2. The molecule has 0 radical (unpaired) electrons. The fourth-order valence-electron chi connectivity index (χ4n) is 1.61. The monoisotopic (exact) mass is 222 g/mol. The van der Waals surface area contributed by atoms with Gasteiger partial charge in [-0.15, -0.1) is 0 Å². The molecular formula is C12H18N2O2. The number of rotatable bonds is 7. The molecule has 0 aliphatic rings. The van der Waals surface area contributed by atoms with Gasteiger partial charge in [0.2, 0.25) is 0 Å². The van der Waals surface area contributed by atoms with Gasteiger partial charge in [0.15, 0.2) is 0 Å². The van der Waals surface area contributed by atoms with Crippen LogP contribution in [0.5, 0.6) is 0 Å². The maximum absolute atomic E-state index is 10.4. The predicted octanol–water partition coefficient (Wildman–Crippen LogP) is 2.66. The van der Waals surface area contributed by atoms with E-state index in [1.54, 1.807) is 12.1 Å². The highest BCUT2D eigenvalue weighted by Gasteiger charge is 2.03. The molecule has 0 amide bonds. The number of non-ortho nitro benzene ring substituents is 1. The van der Waals surface area contributed by atoms with Gasteiger partial charge in [0.25, 0.3) is 5.69 Å². The summed E-state index contributed by atoms with van der Waals surface area (Å²) in [5.41, 5.74) is 6.73. The number of unbranched alkanes of at least 4 members (excludes halogenated alkanes) is 3. The van der Waals surface area contributed by atoms with Crippen molar-refractivity contribution in [3.8, 4) is 0 Å². The molecule has 4 heteroatoms. The Bertz CT molecular complexity index is 322. The van der Waals surface area contributed by atoms with Gasteiger partial charge in [-0.05, 0) is 31.4 Å². The number of benzene rings is 1. The average molecular weight is 222 g/mol. The lowest BCUT2D eigenvalue weighted by Gasteiger charge is -2.01. The summed E-state index contributed by atoms with van der Waals surface area (Å²) in [4.78, 5) is 10.1. The molecule has 88 valence electrons. The van der Waals surface area contributed by atoms with Crippen LogP contribution >= 0.6 is 0 Å². The number of nitrogens with two attached hydrogens (primary N) is 1. The largest absolute Gasteiger partial charge is 0.330 e. The Morgan fingerprint density at radius 2 is 1.69 bits per heavy atom. The third-order valence-corrected chi connectivity index (χ3v) is 2.57. The number of hydrogen-bond donors (Lipinski definition) is 1. The third kappa shape index (κ3) is 4.40.